The summed E-state index contributed by atoms with van der Waals surface area (Å²) in [6, 6.07) is 0. The molecule has 4 nitrogen and oxygen atoms in total. The molecule has 0 aromatic rings. The van der Waals surface area contributed by atoms with Crippen LogP contribution in [0.5, 0.6) is 0 Å². The van der Waals surface area contributed by atoms with E-state index in [4.69, 9.17) is 0 Å². The standard InChI is InChI=1S/C15H29N3O/c19-15(6-5-14-7-9-16-13-14)17-8-4-12-18-10-2-1-3-11-18/h14,16H,1-13H2,(H,17,19). The third-order valence-corrected chi connectivity index (χ3v) is 4.36. The lowest BCUT2D eigenvalue weighted by Gasteiger charge is -2.26. The van der Waals surface area contributed by atoms with Crippen molar-refractivity contribution in [1.29, 1.82) is 0 Å². The van der Waals surface area contributed by atoms with Gasteiger partial charge < -0.3 is 15.5 Å². The van der Waals surface area contributed by atoms with Gasteiger partial charge in [-0.1, -0.05) is 6.42 Å². The van der Waals surface area contributed by atoms with Gasteiger partial charge in [-0.25, -0.2) is 0 Å². The number of hydrogen-bond acceptors (Lipinski definition) is 3. The SMILES string of the molecule is O=C(CCC1CCNC1)NCCCN1CCCCC1. The highest BCUT2D eigenvalue weighted by molar-refractivity contribution is 5.75. The second-order valence-electron chi connectivity index (χ2n) is 6.00. The first kappa shape index (κ1) is 14.8. The zero-order chi connectivity index (χ0) is 13.3. The fraction of sp³-hybridized carbons (Fsp3) is 0.933. The Morgan fingerprint density at radius 1 is 1.26 bits per heavy atom. The maximum absolute atomic E-state index is 11.7. The minimum atomic E-state index is 0.241. The maximum Gasteiger partial charge on any atom is 0.220 e. The van der Waals surface area contributed by atoms with Crippen molar-refractivity contribution in [3.63, 3.8) is 0 Å². The van der Waals surface area contributed by atoms with Gasteiger partial charge in [0.15, 0.2) is 0 Å². The van der Waals surface area contributed by atoms with E-state index in [-0.39, 0.29) is 5.91 Å². The van der Waals surface area contributed by atoms with Crippen LogP contribution in [0.15, 0.2) is 0 Å². The van der Waals surface area contributed by atoms with Crippen LogP contribution in [-0.2, 0) is 4.79 Å². The van der Waals surface area contributed by atoms with Crippen molar-refractivity contribution in [2.45, 2.75) is 44.9 Å². The fourth-order valence-electron chi connectivity index (χ4n) is 3.10. The van der Waals surface area contributed by atoms with E-state index in [1.807, 2.05) is 0 Å². The molecular formula is C15H29N3O. The van der Waals surface area contributed by atoms with E-state index in [9.17, 15) is 4.79 Å². The molecule has 2 heterocycles. The van der Waals surface area contributed by atoms with Crippen molar-refractivity contribution in [1.82, 2.24) is 15.5 Å². The van der Waals surface area contributed by atoms with E-state index in [1.165, 1.54) is 38.8 Å². The molecule has 2 N–H and O–H groups in total. The van der Waals surface area contributed by atoms with Crippen LogP contribution >= 0.6 is 0 Å². The van der Waals surface area contributed by atoms with Gasteiger partial charge in [-0.15, -0.1) is 0 Å². The molecule has 4 heteroatoms. The van der Waals surface area contributed by atoms with Crippen molar-refractivity contribution >= 4 is 5.91 Å². The van der Waals surface area contributed by atoms with Crippen LogP contribution in [0.3, 0.4) is 0 Å². The van der Waals surface area contributed by atoms with Crippen molar-refractivity contribution in [3.8, 4) is 0 Å². The predicted molar refractivity (Wildman–Crippen MR) is 78.1 cm³/mol. The molecule has 0 radical (unpaired) electrons. The van der Waals surface area contributed by atoms with E-state index < -0.39 is 0 Å². The Hall–Kier alpha value is -0.610. The average Bonchev–Trinajstić information content (AvgIpc) is 2.96. The molecule has 0 saturated carbocycles. The third kappa shape index (κ3) is 5.91. The van der Waals surface area contributed by atoms with Gasteiger partial charge in [0.1, 0.15) is 0 Å². The van der Waals surface area contributed by atoms with Crippen molar-refractivity contribution in [2.24, 2.45) is 5.92 Å². The summed E-state index contributed by atoms with van der Waals surface area (Å²) in [5.74, 6) is 0.963. The highest BCUT2D eigenvalue weighted by Crippen LogP contribution is 2.13. The summed E-state index contributed by atoms with van der Waals surface area (Å²) in [5.41, 5.74) is 0. The second-order valence-corrected chi connectivity index (χ2v) is 6.00. The number of likely N-dealkylation sites (tertiary alicyclic amines) is 1. The quantitative estimate of drug-likeness (QED) is 0.685. The Balaban J connectivity index is 1.44. The third-order valence-electron chi connectivity index (χ3n) is 4.36. The highest BCUT2D eigenvalue weighted by atomic mass is 16.1. The molecule has 2 aliphatic rings. The number of amides is 1. The maximum atomic E-state index is 11.7. The first-order chi connectivity index (χ1) is 9.34. The lowest BCUT2D eigenvalue weighted by atomic mass is 10.0. The zero-order valence-electron chi connectivity index (χ0n) is 12.1. The normalized spacial score (nSPS) is 24.5. The fourth-order valence-corrected chi connectivity index (χ4v) is 3.10. The molecule has 1 atom stereocenters. The molecule has 0 aliphatic carbocycles. The van der Waals surface area contributed by atoms with Crippen molar-refractivity contribution in [2.75, 3.05) is 39.3 Å². The zero-order valence-corrected chi connectivity index (χ0v) is 12.1. The Morgan fingerprint density at radius 2 is 2.11 bits per heavy atom. The molecule has 2 rings (SSSR count). The van der Waals surface area contributed by atoms with Crippen LogP contribution in [0.4, 0.5) is 0 Å². The summed E-state index contributed by atoms with van der Waals surface area (Å²) >= 11 is 0. The lowest BCUT2D eigenvalue weighted by molar-refractivity contribution is -0.121. The number of rotatable bonds is 7. The lowest BCUT2D eigenvalue weighted by Crippen LogP contribution is -2.33. The number of hydrogen-bond donors (Lipinski definition) is 2. The van der Waals surface area contributed by atoms with E-state index >= 15 is 0 Å². The summed E-state index contributed by atoms with van der Waals surface area (Å²) in [6.45, 7) is 6.72. The summed E-state index contributed by atoms with van der Waals surface area (Å²) in [5, 5.41) is 6.41. The molecule has 0 aromatic carbocycles. The van der Waals surface area contributed by atoms with Crippen LogP contribution < -0.4 is 10.6 Å². The molecule has 110 valence electrons. The molecule has 19 heavy (non-hydrogen) atoms. The number of piperidine rings is 1. The Morgan fingerprint density at radius 3 is 2.84 bits per heavy atom. The highest BCUT2D eigenvalue weighted by Gasteiger charge is 2.15. The van der Waals surface area contributed by atoms with Gasteiger partial charge in [0.05, 0.1) is 0 Å². The first-order valence-electron chi connectivity index (χ1n) is 8.04. The number of carbonyl (C=O) groups excluding carboxylic acids is 1. The minimum absolute atomic E-state index is 0.241. The Bertz CT molecular complexity index is 258. The van der Waals surface area contributed by atoms with E-state index in [1.54, 1.807) is 0 Å². The van der Waals surface area contributed by atoms with Gasteiger partial charge >= 0.3 is 0 Å². The number of nitrogens with zero attached hydrogens (tertiary/aromatic N) is 1. The van der Waals surface area contributed by atoms with E-state index in [0.717, 1.165) is 44.9 Å². The monoisotopic (exact) mass is 267 g/mol. The van der Waals surface area contributed by atoms with Gasteiger partial charge in [0, 0.05) is 13.0 Å². The summed E-state index contributed by atoms with van der Waals surface area (Å²) < 4.78 is 0. The van der Waals surface area contributed by atoms with Crippen LogP contribution in [0, 0.1) is 5.92 Å². The number of carbonyl (C=O) groups is 1. The summed E-state index contributed by atoms with van der Waals surface area (Å²) in [4.78, 5) is 14.2. The van der Waals surface area contributed by atoms with E-state index in [2.05, 4.69) is 15.5 Å². The molecule has 0 bridgehead atoms. The van der Waals surface area contributed by atoms with Crippen LogP contribution in [0.2, 0.25) is 0 Å². The molecular weight excluding hydrogens is 238 g/mol. The Labute approximate surface area is 117 Å². The molecule has 1 unspecified atom stereocenters. The summed E-state index contributed by atoms with van der Waals surface area (Å²) in [6.07, 6.45) is 8.17. The molecule has 2 aliphatic heterocycles. The average molecular weight is 267 g/mol. The predicted octanol–water partition coefficient (Wildman–Crippen LogP) is 1.37. The van der Waals surface area contributed by atoms with Crippen LogP contribution in [0.25, 0.3) is 0 Å². The molecule has 2 fully saturated rings. The van der Waals surface area contributed by atoms with Gasteiger partial charge in [-0.2, -0.15) is 0 Å². The van der Waals surface area contributed by atoms with Gasteiger partial charge in [0.2, 0.25) is 5.91 Å². The van der Waals surface area contributed by atoms with Crippen LogP contribution in [0.1, 0.15) is 44.9 Å². The molecule has 1 amide bonds. The van der Waals surface area contributed by atoms with Crippen LogP contribution in [-0.4, -0.2) is 50.1 Å². The minimum Gasteiger partial charge on any atom is -0.356 e. The first-order valence-corrected chi connectivity index (χ1v) is 8.04. The number of nitrogens with one attached hydrogen (secondary N) is 2. The smallest absolute Gasteiger partial charge is 0.220 e. The van der Waals surface area contributed by atoms with Crippen molar-refractivity contribution < 1.29 is 4.79 Å². The van der Waals surface area contributed by atoms with Gasteiger partial charge in [0.25, 0.3) is 0 Å². The van der Waals surface area contributed by atoms with E-state index in [0.29, 0.717) is 6.42 Å². The largest absolute Gasteiger partial charge is 0.356 e. The Kier molecular flexibility index (Phi) is 6.65. The summed E-state index contributed by atoms with van der Waals surface area (Å²) in [7, 11) is 0. The van der Waals surface area contributed by atoms with Gasteiger partial charge in [-0.05, 0) is 70.7 Å². The van der Waals surface area contributed by atoms with Gasteiger partial charge in [-0.3, -0.25) is 4.79 Å². The van der Waals surface area contributed by atoms with Crippen molar-refractivity contribution in [3.05, 3.63) is 0 Å². The molecule has 0 spiro atoms. The topological polar surface area (TPSA) is 44.4 Å². The molecule has 2 saturated heterocycles. The second kappa shape index (κ2) is 8.54. The molecule has 0 aromatic heterocycles.